The van der Waals surface area contributed by atoms with Crippen LogP contribution < -0.4 is 10.5 Å². The maximum atomic E-state index is 14.5. The van der Waals surface area contributed by atoms with Crippen LogP contribution in [-0.4, -0.2) is 113 Å². The van der Waals surface area contributed by atoms with Crippen molar-refractivity contribution in [2.75, 3.05) is 77.5 Å². The molecule has 2 fully saturated rings. The molecule has 7 rings (SSSR count). The number of ether oxygens (including phenoxy) is 1. The number of thioether (sulfide) groups is 1. The third-order valence-corrected chi connectivity index (χ3v) is 11.7. The molecule has 3 aromatic carbocycles. The Morgan fingerprint density at radius 1 is 0.860 bits per heavy atom. The van der Waals surface area contributed by atoms with E-state index in [1.807, 2.05) is 29.2 Å². The number of piperazine rings is 1. The molecule has 0 spiro atoms. The van der Waals surface area contributed by atoms with Crippen LogP contribution in [0.2, 0.25) is 5.02 Å². The second-order valence-electron chi connectivity index (χ2n) is 14.6. The molecule has 0 unspecified atom stereocenters. The molecule has 0 aliphatic carbocycles. The van der Waals surface area contributed by atoms with Crippen LogP contribution in [0.5, 0.6) is 0 Å². The Balaban J connectivity index is 1.12. The average Bonchev–Trinajstić information content (AvgIpc) is 3.23. The van der Waals surface area contributed by atoms with Crippen molar-refractivity contribution in [3.05, 3.63) is 135 Å². The van der Waals surface area contributed by atoms with Crippen LogP contribution in [0.3, 0.4) is 0 Å². The van der Waals surface area contributed by atoms with E-state index in [4.69, 9.17) is 16.3 Å². The van der Waals surface area contributed by atoms with Gasteiger partial charge in [-0.2, -0.15) is 4.98 Å². The van der Waals surface area contributed by atoms with Crippen LogP contribution in [0.4, 0.5) is 10.3 Å². The summed E-state index contributed by atoms with van der Waals surface area (Å²) in [6, 6.07) is 22.3. The maximum absolute atomic E-state index is 14.5. The highest BCUT2D eigenvalue weighted by atomic mass is 35.5. The molecule has 2 aliphatic heterocycles. The Labute approximate surface area is 342 Å². The van der Waals surface area contributed by atoms with E-state index in [-0.39, 0.29) is 30.2 Å². The third kappa shape index (κ3) is 11.5. The number of anilines is 1. The van der Waals surface area contributed by atoms with Gasteiger partial charge in [0.1, 0.15) is 12.4 Å². The zero-order chi connectivity index (χ0) is 39.6. The normalized spacial score (nSPS) is 15.2. The largest absolute Gasteiger partial charge is 0.378 e. The Morgan fingerprint density at radius 3 is 2.19 bits per heavy atom. The lowest BCUT2D eigenvalue weighted by Gasteiger charge is -2.33. The Kier molecular flexibility index (Phi) is 14.0. The van der Waals surface area contributed by atoms with Gasteiger partial charge in [-0.05, 0) is 72.1 Å². The first-order chi connectivity index (χ1) is 27.8. The predicted molar refractivity (Wildman–Crippen MR) is 223 cm³/mol. The first kappa shape index (κ1) is 40.5. The van der Waals surface area contributed by atoms with Gasteiger partial charge in [-0.3, -0.25) is 9.59 Å². The molecule has 5 aromatic rings. The summed E-state index contributed by atoms with van der Waals surface area (Å²) in [6.45, 7) is 8.72. The average molecular weight is 811 g/mol. The van der Waals surface area contributed by atoms with E-state index in [0.717, 1.165) is 80.1 Å². The molecular weight excluding hydrogens is 763 g/mol. The highest BCUT2D eigenvalue weighted by molar-refractivity contribution is 7.98. The zero-order valence-corrected chi connectivity index (χ0v) is 33.8. The fourth-order valence-electron chi connectivity index (χ4n) is 6.95. The molecule has 0 N–H and O–H groups in total. The number of hydrogen-bond donors (Lipinski definition) is 0. The molecule has 11 nitrogen and oxygen atoms in total. The number of aromatic nitrogens is 4. The standard InChI is InChI=1S/C43H48ClFN8O3S/c1-49-17-19-50(20-18-49)15-2-16-52(28-32-3-7-35(8-4-32)36-9-11-38(44)12-10-36)40(54)30-53-29-37(25-34-26-46-42(47-27-34)51-21-23-56-24-22-51)41(55)48-43(53)57-31-33-5-13-39(45)14-6-33/h3-14,26-27,29H,2,15-25,28,30-31H2,1H3. The minimum absolute atomic E-state index is 0.00410. The van der Waals surface area contributed by atoms with E-state index in [1.54, 1.807) is 35.3 Å². The number of morpholine rings is 1. The summed E-state index contributed by atoms with van der Waals surface area (Å²) in [5.41, 5.74) is 4.87. The van der Waals surface area contributed by atoms with Crippen molar-refractivity contribution in [1.29, 1.82) is 0 Å². The zero-order valence-electron chi connectivity index (χ0n) is 32.2. The van der Waals surface area contributed by atoms with Gasteiger partial charge in [-0.1, -0.05) is 71.9 Å². The molecule has 0 atom stereocenters. The van der Waals surface area contributed by atoms with Gasteiger partial charge in [0.05, 0.1) is 13.2 Å². The summed E-state index contributed by atoms with van der Waals surface area (Å²) in [6.07, 6.45) is 6.33. The van der Waals surface area contributed by atoms with Gasteiger partial charge < -0.3 is 28.9 Å². The molecule has 4 heterocycles. The monoisotopic (exact) mass is 810 g/mol. The summed E-state index contributed by atoms with van der Waals surface area (Å²) in [5.74, 6) is 0.686. The molecule has 1 amide bonds. The fourth-order valence-corrected chi connectivity index (χ4v) is 7.99. The molecule has 298 valence electrons. The second kappa shape index (κ2) is 19.7. The minimum Gasteiger partial charge on any atom is -0.378 e. The lowest BCUT2D eigenvalue weighted by molar-refractivity contribution is -0.132. The molecule has 0 saturated carbocycles. The van der Waals surface area contributed by atoms with E-state index in [9.17, 15) is 14.0 Å². The van der Waals surface area contributed by atoms with Crippen LogP contribution in [-0.2, 0) is 34.8 Å². The molecule has 2 aromatic heterocycles. The smallest absolute Gasteiger partial charge is 0.277 e. The summed E-state index contributed by atoms with van der Waals surface area (Å²) in [4.78, 5) is 50.4. The molecule has 57 heavy (non-hydrogen) atoms. The Bertz CT molecular complexity index is 2130. The van der Waals surface area contributed by atoms with Gasteiger partial charge in [-0.15, -0.1) is 0 Å². The third-order valence-electron chi connectivity index (χ3n) is 10.4. The highest BCUT2D eigenvalue weighted by Crippen LogP contribution is 2.24. The molecule has 0 bridgehead atoms. The topological polar surface area (TPSA) is 99.9 Å². The van der Waals surface area contributed by atoms with Crippen LogP contribution in [0, 0.1) is 5.82 Å². The van der Waals surface area contributed by atoms with E-state index < -0.39 is 0 Å². The van der Waals surface area contributed by atoms with Crippen molar-refractivity contribution in [3.63, 3.8) is 0 Å². The second-order valence-corrected chi connectivity index (χ2v) is 16.0. The first-order valence-electron chi connectivity index (χ1n) is 19.4. The van der Waals surface area contributed by atoms with Gasteiger partial charge in [0.2, 0.25) is 11.9 Å². The molecule has 0 radical (unpaired) electrons. The van der Waals surface area contributed by atoms with Crippen LogP contribution >= 0.6 is 23.4 Å². The van der Waals surface area contributed by atoms with Crippen molar-refractivity contribution in [3.8, 4) is 11.1 Å². The van der Waals surface area contributed by atoms with E-state index in [1.165, 1.54) is 23.9 Å². The van der Waals surface area contributed by atoms with Crippen molar-refractivity contribution >= 4 is 35.2 Å². The number of rotatable bonds is 15. The first-order valence-corrected chi connectivity index (χ1v) is 20.8. The summed E-state index contributed by atoms with van der Waals surface area (Å²) in [7, 11) is 2.15. The number of carbonyl (C=O) groups excluding carboxylic acids is 1. The van der Waals surface area contributed by atoms with E-state index in [2.05, 4.69) is 61.0 Å². The van der Waals surface area contributed by atoms with Crippen molar-refractivity contribution < 1.29 is 13.9 Å². The molecule has 14 heteroatoms. The van der Waals surface area contributed by atoms with E-state index in [0.29, 0.717) is 53.7 Å². The van der Waals surface area contributed by atoms with Crippen molar-refractivity contribution in [1.82, 2.24) is 34.2 Å². The van der Waals surface area contributed by atoms with Gasteiger partial charge in [-0.25, -0.2) is 14.4 Å². The minimum atomic E-state index is -0.373. The summed E-state index contributed by atoms with van der Waals surface area (Å²) in [5, 5.41) is 1.11. The number of likely N-dealkylation sites (N-methyl/N-ethyl adjacent to an activating group) is 1. The quantitative estimate of drug-likeness (QED) is 0.0943. The molecular formula is C43H48ClFN8O3S. The van der Waals surface area contributed by atoms with E-state index >= 15 is 0 Å². The molecule has 2 aliphatic rings. The van der Waals surface area contributed by atoms with Crippen LogP contribution in [0.1, 0.15) is 28.7 Å². The predicted octanol–water partition coefficient (Wildman–Crippen LogP) is 5.88. The SMILES string of the molecule is CN1CCN(CCCN(Cc2ccc(-c3ccc(Cl)cc3)cc2)C(=O)Cn2cc(Cc3cnc(N4CCOCC4)nc3)c(=O)nc2SCc2ccc(F)cc2)CC1. The number of hydrogen-bond acceptors (Lipinski definition) is 10. The van der Waals surface area contributed by atoms with Crippen molar-refractivity contribution in [2.24, 2.45) is 0 Å². The summed E-state index contributed by atoms with van der Waals surface area (Å²) >= 11 is 7.47. The number of benzene rings is 3. The Morgan fingerprint density at radius 2 is 1.51 bits per heavy atom. The fraction of sp³-hybridized carbons (Fsp3) is 0.372. The number of carbonyl (C=O) groups is 1. The van der Waals surface area contributed by atoms with Gasteiger partial charge in [0, 0.05) is 93.7 Å². The van der Waals surface area contributed by atoms with Crippen LogP contribution in [0.15, 0.2) is 101 Å². The maximum Gasteiger partial charge on any atom is 0.277 e. The number of halogens is 2. The Hall–Kier alpha value is -4.66. The lowest BCUT2D eigenvalue weighted by Crippen LogP contribution is -2.45. The van der Waals surface area contributed by atoms with Gasteiger partial charge >= 0.3 is 0 Å². The number of amides is 1. The van der Waals surface area contributed by atoms with Crippen LogP contribution in [0.25, 0.3) is 11.1 Å². The summed E-state index contributed by atoms with van der Waals surface area (Å²) < 4.78 is 20.9. The van der Waals surface area contributed by atoms with Gasteiger partial charge in [0.25, 0.3) is 5.56 Å². The lowest BCUT2D eigenvalue weighted by atomic mass is 10.0. The highest BCUT2D eigenvalue weighted by Gasteiger charge is 2.21. The number of nitrogens with zero attached hydrogens (tertiary/aromatic N) is 8. The van der Waals surface area contributed by atoms with Gasteiger partial charge in [0.15, 0.2) is 5.16 Å². The van der Waals surface area contributed by atoms with Crippen molar-refractivity contribution in [2.45, 2.75) is 36.8 Å². The molecule has 2 saturated heterocycles.